The highest BCUT2D eigenvalue weighted by atomic mass is 16.1. The van der Waals surface area contributed by atoms with E-state index in [9.17, 15) is 4.79 Å². The zero-order valence-corrected chi connectivity index (χ0v) is 11.5. The Morgan fingerprint density at radius 2 is 2.00 bits per heavy atom. The molecule has 0 spiro atoms. The molecule has 1 amide bonds. The largest absolute Gasteiger partial charge is 0.356 e. The first-order valence-electron chi connectivity index (χ1n) is 7.25. The predicted octanol–water partition coefficient (Wildman–Crippen LogP) is 2.25. The molecule has 0 saturated heterocycles. The van der Waals surface area contributed by atoms with E-state index >= 15 is 0 Å². The minimum atomic E-state index is 0.115. The van der Waals surface area contributed by atoms with E-state index in [1.807, 2.05) is 6.07 Å². The summed E-state index contributed by atoms with van der Waals surface area (Å²) in [5, 5.41) is 3.02. The minimum absolute atomic E-state index is 0.115. The van der Waals surface area contributed by atoms with Crippen molar-refractivity contribution in [3.8, 4) is 0 Å². The number of aryl methyl sites for hydroxylation is 1. The molecule has 3 nitrogen and oxygen atoms in total. The van der Waals surface area contributed by atoms with Crippen LogP contribution in [0.1, 0.15) is 37.7 Å². The van der Waals surface area contributed by atoms with Gasteiger partial charge in [0.05, 0.1) is 0 Å². The third-order valence-electron chi connectivity index (χ3n) is 4.19. The summed E-state index contributed by atoms with van der Waals surface area (Å²) >= 11 is 0. The summed E-state index contributed by atoms with van der Waals surface area (Å²) in [6.07, 6.45) is 6.06. The van der Waals surface area contributed by atoms with E-state index in [2.05, 4.69) is 29.6 Å². The Morgan fingerprint density at radius 3 is 2.58 bits per heavy atom. The van der Waals surface area contributed by atoms with Crippen molar-refractivity contribution in [2.24, 2.45) is 11.1 Å². The van der Waals surface area contributed by atoms with Crippen molar-refractivity contribution in [1.82, 2.24) is 5.32 Å². The molecule has 0 heterocycles. The maximum atomic E-state index is 11.9. The molecular weight excluding hydrogens is 236 g/mol. The zero-order chi connectivity index (χ0) is 13.6. The van der Waals surface area contributed by atoms with Gasteiger partial charge in [-0.15, -0.1) is 0 Å². The first-order valence-corrected chi connectivity index (χ1v) is 7.25. The Balaban J connectivity index is 1.62. The zero-order valence-electron chi connectivity index (χ0n) is 11.5. The standard InChI is InChI=1S/C16H24N2O/c17-13-16(9-5-10-16)12-15(19)18-11-4-8-14-6-2-1-3-7-14/h1-3,6-7H,4-5,8-13,17H2,(H,18,19). The van der Waals surface area contributed by atoms with E-state index in [1.54, 1.807) is 0 Å². The maximum Gasteiger partial charge on any atom is 0.220 e. The van der Waals surface area contributed by atoms with Crippen LogP contribution in [0.25, 0.3) is 0 Å². The lowest BCUT2D eigenvalue weighted by molar-refractivity contribution is -0.124. The Hall–Kier alpha value is -1.35. The average molecular weight is 260 g/mol. The first-order chi connectivity index (χ1) is 9.24. The van der Waals surface area contributed by atoms with Crippen molar-refractivity contribution in [3.63, 3.8) is 0 Å². The van der Waals surface area contributed by atoms with Crippen LogP contribution in [-0.4, -0.2) is 19.0 Å². The van der Waals surface area contributed by atoms with Gasteiger partial charge in [-0.3, -0.25) is 4.79 Å². The molecule has 0 bridgehead atoms. The smallest absolute Gasteiger partial charge is 0.220 e. The van der Waals surface area contributed by atoms with E-state index in [0.717, 1.165) is 32.2 Å². The normalized spacial score (nSPS) is 16.7. The van der Waals surface area contributed by atoms with Crippen LogP contribution in [0.5, 0.6) is 0 Å². The van der Waals surface area contributed by atoms with Crippen molar-refractivity contribution < 1.29 is 4.79 Å². The summed E-state index contributed by atoms with van der Waals surface area (Å²) in [7, 11) is 0. The van der Waals surface area contributed by atoms with Gasteiger partial charge in [-0.25, -0.2) is 0 Å². The van der Waals surface area contributed by atoms with E-state index in [4.69, 9.17) is 5.73 Å². The van der Waals surface area contributed by atoms with Gasteiger partial charge in [0.2, 0.25) is 5.91 Å². The van der Waals surface area contributed by atoms with E-state index < -0.39 is 0 Å². The summed E-state index contributed by atoms with van der Waals surface area (Å²) in [6, 6.07) is 10.4. The first kappa shape index (κ1) is 14.1. The molecule has 0 radical (unpaired) electrons. The molecule has 0 aromatic heterocycles. The van der Waals surface area contributed by atoms with E-state index in [1.165, 1.54) is 12.0 Å². The fourth-order valence-electron chi connectivity index (χ4n) is 2.70. The second-order valence-electron chi connectivity index (χ2n) is 5.67. The van der Waals surface area contributed by atoms with Crippen LogP contribution in [-0.2, 0) is 11.2 Å². The van der Waals surface area contributed by atoms with Crippen molar-refractivity contribution in [1.29, 1.82) is 0 Å². The van der Waals surface area contributed by atoms with Gasteiger partial charge >= 0.3 is 0 Å². The van der Waals surface area contributed by atoms with Crippen molar-refractivity contribution in [2.45, 2.75) is 38.5 Å². The summed E-state index contributed by atoms with van der Waals surface area (Å²) in [5.41, 5.74) is 7.21. The maximum absolute atomic E-state index is 11.9. The van der Waals surface area contributed by atoms with E-state index in [0.29, 0.717) is 13.0 Å². The molecule has 1 aromatic rings. The molecule has 0 aliphatic heterocycles. The molecule has 3 N–H and O–H groups in total. The van der Waals surface area contributed by atoms with Crippen molar-refractivity contribution >= 4 is 5.91 Å². The monoisotopic (exact) mass is 260 g/mol. The lowest BCUT2D eigenvalue weighted by Gasteiger charge is -2.40. The van der Waals surface area contributed by atoms with Crippen LogP contribution in [0, 0.1) is 5.41 Å². The van der Waals surface area contributed by atoms with Crippen LogP contribution in [0.15, 0.2) is 30.3 Å². The quantitative estimate of drug-likeness (QED) is 0.739. The summed E-state index contributed by atoms with van der Waals surface area (Å²) in [6.45, 7) is 1.40. The molecule has 2 rings (SSSR count). The number of hydrogen-bond donors (Lipinski definition) is 2. The molecule has 3 heteroatoms. The molecule has 19 heavy (non-hydrogen) atoms. The lowest BCUT2D eigenvalue weighted by Crippen LogP contribution is -2.42. The highest BCUT2D eigenvalue weighted by molar-refractivity contribution is 5.76. The van der Waals surface area contributed by atoms with Gasteiger partial charge < -0.3 is 11.1 Å². The second kappa shape index (κ2) is 6.71. The minimum Gasteiger partial charge on any atom is -0.356 e. The highest BCUT2D eigenvalue weighted by Crippen LogP contribution is 2.42. The van der Waals surface area contributed by atoms with Crippen LogP contribution in [0.4, 0.5) is 0 Å². The number of hydrogen-bond acceptors (Lipinski definition) is 2. The molecule has 1 saturated carbocycles. The molecule has 1 aliphatic carbocycles. The molecule has 104 valence electrons. The number of rotatable bonds is 7. The van der Waals surface area contributed by atoms with E-state index in [-0.39, 0.29) is 11.3 Å². The Morgan fingerprint density at radius 1 is 1.26 bits per heavy atom. The van der Waals surface area contributed by atoms with Gasteiger partial charge in [-0.2, -0.15) is 0 Å². The van der Waals surface area contributed by atoms with Crippen molar-refractivity contribution in [2.75, 3.05) is 13.1 Å². The average Bonchev–Trinajstić information content (AvgIpc) is 2.40. The van der Waals surface area contributed by atoms with Crippen molar-refractivity contribution in [3.05, 3.63) is 35.9 Å². The Kier molecular flexibility index (Phi) is 4.97. The number of nitrogens with two attached hydrogens (primary N) is 1. The molecule has 0 unspecified atom stereocenters. The summed E-state index contributed by atoms with van der Waals surface area (Å²) < 4.78 is 0. The number of benzene rings is 1. The number of carbonyl (C=O) groups is 1. The topological polar surface area (TPSA) is 55.1 Å². The van der Waals surface area contributed by atoms with Crippen LogP contribution in [0.2, 0.25) is 0 Å². The van der Waals surface area contributed by atoms with Gasteiger partial charge in [0.25, 0.3) is 0 Å². The van der Waals surface area contributed by atoms with Gasteiger partial charge in [0.15, 0.2) is 0 Å². The SMILES string of the molecule is NCC1(CC(=O)NCCCc2ccccc2)CCC1. The van der Waals surface area contributed by atoms with Crippen LogP contribution < -0.4 is 11.1 Å². The Labute approximate surface area is 115 Å². The molecule has 1 fully saturated rings. The van der Waals surface area contributed by atoms with Gasteiger partial charge in [0, 0.05) is 13.0 Å². The lowest BCUT2D eigenvalue weighted by atomic mass is 9.66. The molecule has 1 aliphatic rings. The van der Waals surface area contributed by atoms with Gasteiger partial charge in [0.1, 0.15) is 0 Å². The second-order valence-corrected chi connectivity index (χ2v) is 5.67. The van der Waals surface area contributed by atoms with Crippen LogP contribution in [0.3, 0.4) is 0 Å². The summed E-state index contributed by atoms with van der Waals surface area (Å²) in [4.78, 5) is 11.9. The third-order valence-corrected chi connectivity index (χ3v) is 4.19. The number of nitrogens with one attached hydrogen (secondary N) is 1. The number of amides is 1. The Bertz CT molecular complexity index is 393. The van der Waals surface area contributed by atoms with Gasteiger partial charge in [-0.1, -0.05) is 36.8 Å². The molecular formula is C16H24N2O. The number of carbonyl (C=O) groups excluding carboxylic acids is 1. The summed E-state index contributed by atoms with van der Waals surface area (Å²) in [5.74, 6) is 0.165. The predicted molar refractivity (Wildman–Crippen MR) is 77.7 cm³/mol. The van der Waals surface area contributed by atoms with Gasteiger partial charge in [-0.05, 0) is 43.2 Å². The fourth-order valence-corrected chi connectivity index (χ4v) is 2.70. The molecule has 1 aromatic carbocycles. The highest BCUT2D eigenvalue weighted by Gasteiger charge is 2.37. The van der Waals surface area contributed by atoms with Crippen LogP contribution >= 0.6 is 0 Å². The third kappa shape index (κ3) is 4.06. The fraction of sp³-hybridized carbons (Fsp3) is 0.562. The molecule has 0 atom stereocenters.